The van der Waals surface area contributed by atoms with Crippen molar-refractivity contribution in [2.24, 2.45) is 5.41 Å². The fourth-order valence-corrected chi connectivity index (χ4v) is 2.11. The SMILES string of the molecule is CNC(c1ccc(OC(C)C)cc1)C(C)(C)C. The Hall–Kier alpha value is -1.02. The molecular formula is C15H25NO. The molecule has 0 heterocycles. The number of rotatable bonds is 4. The van der Waals surface area contributed by atoms with Crippen LogP contribution in [0.5, 0.6) is 5.75 Å². The van der Waals surface area contributed by atoms with Crippen molar-refractivity contribution in [2.45, 2.75) is 46.8 Å². The molecule has 1 unspecified atom stereocenters. The summed E-state index contributed by atoms with van der Waals surface area (Å²) in [5.41, 5.74) is 1.51. The van der Waals surface area contributed by atoms with Gasteiger partial charge in [0, 0.05) is 6.04 Å². The molecule has 17 heavy (non-hydrogen) atoms. The number of benzene rings is 1. The molecule has 0 fully saturated rings. The first-order chi connectivity index (χ1) is 7.84. The van der Waals surface area contributed by atoms with Crippen LogP contribution in [0.25, 0.3) is 0 Å². The van der Waals surface area contributed by atoms with E-state index in [2.05, 4.69) is 38.2 Å². The van der Waals surface area contributed by atoms with Gasteiger partial charge in [-0.2, -0.15) is 0 Å². The lowest BCUT2D eigenvalue weighted by molar-refractivity contribution is 0.242. The Balaban J connectivity index is 2.86. The van der Waals surface area contributed by atoms with Gasteiger partial charge in [0.05, 0.1) is 6.10 Å². The monoisotopic (exact) mass is 235 g/mol. The zero-order chi connectivity index (χ0) is 13.1. The van der Waals surface area contributed by atoms with E-state index >= 15 is 0 Å². The van der Waals surface area contributed by atoms with E-state index < -0.39 is 0 Å². The van der Waals surface area contributed by atoms with Crippen LogP contribution in [0, 0.1) is 5.41 Å². The van der Waals surface area contributed by atoms with Crippen LogP contribution in [-0.4, -0.2) is 13.2 Å². The van der Waals surface area contributed by atoms with Gasteiger partial charge in [-0.1, -0.05) is 32.9 Å². The zero-order valence-electron chi connectivity index (χ0n) is 11.9. The molecule has 0 saturated carbocycles. The van der Waals surface area contributed by atoms with Gasteiger partial charge in [-0.25, -0.2) is 0 Å². The van der Waals surface area contributed by atoms with Crippen molar-refractivity contribution in [3.05, 3.63) is 29.8 Å². The Morgan fingerprint density at radius 1 is 1.06 bits per heavy atom. The predicted octanol–water partition coefficient (Wildman–Crippen LogP) is 3.78. The second-order valence-corrected chi connectivity index (χ2v) is 5.82. The van der Waals surface area contributed by atoms with Crippen molar-refractivity contribution < 1.29 is 4.74 Å². The van der Waals surface area contributed by atoms with Crippen molar-refractivity contribution in [3.63, 3.8) is 0 Å². The van der Waals surface area contributed by atoms with Gasteiger partial charge >= 0.3 is 0 Å². The number of ether oxygens (including phenoxy) is 1. The van der Waals surface area contributed by atoms with Crippen molar-refractivity contribution in [1.29, 1.82) is 0 Å². The highest BCUT2D eigenvalue weighted by molar-refractivity contribution is 5.30. The highest BCUT2D eigenvalue weighted by Gasteiger charge is 2.24. The third kappa shape index (κ3) is 4.04. The minimum Gasteiger partial charge on any atom is -0.491 e. The average Bonchev–Trinajstić information content (AvgIpc) is 2.18. The molecule has 96 valence electrons. The molecule has 1 aromatic rings. The van der Waals surface area contributed by atoms with Gasteiger partial charge < -0.3 is 10.1 Å². The van der Waals surface area contributed by atoms with Gasteiger partial charge in [-0.3, -0.25) is 0 Å². The maximum atomic E-state index is 5.65. The zero-order valence-corrected chi connectivity index (χ0v) is 11.9. The summed E-state index contributed by atoms with van der Waals surface area (Å²) in [5, 5.41) is 3.38. The number of nitrogens with one attached hydrogen (secondary N) is 1. The van der Waals surface area contributed by atoms with Crippen LogP contribution in [0.1, 0.15) is 46.2 Å². The van der Waals surface area contributed by atoms with Gasteiger partial charge in [0.25, 0.3) is 0 Å². The molecule has 0 amide bonds. The topological polar surface area (TPSA) is 21.3 Å². The first kappa shape index (κ1) is 14.0. The first-order valence-electron chi connectivity index (χ1n) is 6.28. The van der Waals surface area contributed by atoms with E-state index in [0.717, 1.165) is 5.75 Å². The van der Waals surface area contributed by atoms with Crippen molar-refractivity contribution in [3.8, 4) is 5.75 Å². The minimum absolute atomic E-state index is 0.204. The Morgan fingerprint density at radius 3 is 1.94 bits per heavy atom. The van der Waals surface area contributed by atoms with Gasteiger partial charge in [0.1, 0.15) is 5.75 Å². The van der Waals surface area contributed by atoms with Gasteiger partial charge in [-0.05, 0) is 44.0 Å². The Morgan fingerprint density at radius 2 is 1.59 bits per heavy atom. The molecule has 1 atom stereocenters. The largest absolute Gasteiger partial charge is 0.491 e. The third-order valence-electron chi connectivity index (χ3n) is 2.74. The lowest BCUT2D eigenvalue weighted by Crippen LogP contribution is -2.29. The molecule has 0 aromatic heterocycles. The summed E-state index contributed by atoms with van der Waals surface area (Å²) in [6, 6.07) is 8.74. The smallest absolute Gasteiger partial charge is 0.119 e. The average molecular weight is 235 g/mol. The lowest BCUT2D eigenvalue weighted by Gasteiger charge is -2.31. The summed E-state index contributed by atoms with van der Waals surface area (Å²) in [7, 11) is 2.01. The Labute approximate surface area is 105 Å². The van der Waals surface area contributed by atoms with Gasteiger partial charge in [-0.15, -0.1) is 0 Å². The van der Waals surface area contributed by atoms with Crippen molar-refractivity contribution >= 4 is 0 Å². The molecule has 0 saturated heterocycles. The molecule has 1 N–H and O–H groups in total. The van der Waals surface area contributed by atoms with Gasteiger partial charge in [0.15, 0.2) is 0 Å². The van der Waals surface area contributed by atoms with E-state index in [1.165, 1.54) is 5.56 Å². The molecule has 1 aromatic carbocycles. The van der Waals surface area contributed by atoms with Crippen LogP contribution in [0.15, 0.2) is 24.3 Å². The van der Waals surface area contributed by atoms with Crippen LogP contribution in [0.2, 0.25) is 0 Å². The summed E-state index contributed by atoms with van der Waals surface area (Å²) < 4.78 is 5.65. The minimum atomic E-state index is 0.204. The molecular weight excluding hydrogens is 210 g/mol. The van der Waals surface area contributed by atoms with Crippen LogP contribution >= 0.6 is 0 Å². The summed E-state index contributed by atoms with van der Waals surface area (Å²) in [5.74, 6) is 0.938. The quantitative estimate of drug-likeness (QED) is 0.857. The first-order valence-corrected chi connectivity index (χ1v) is 6.28. The second kappa shape index (κ2) is 5.54. The fraction of sp³-hybridized carbons (Fsp3) is 0.600. The van der Waals surface area contributed by atoms with E-state index in [1.807, 2.05) is 33.0 Å². The highest BCUT2D eigenvalue weighted by Crippen LogP contribution is 2.33. The van der Waals surface area contributed by atoms with Gasteiger partial charge in [0.2, 0.25) is 0 Å². The highest BCUT2D eigenvalue weighted by atomic mass is 16.5. The molecule has 0 aliphatic carbocycles. The Kier molecular flexibility index (Phi) is 4.58. The molecule has 0 bridgehead atoms. The van der Waals surface area contributed by atoms with E-state index in [0.29, 0.717) is 6.04 Å². The summed E-state index contributed by atoms with van der Waals surface area (Å²) in [4.78, 5) is 0. The third-order valence-corrected chi connectivity index (χ3v) is 2.74. The maximum Gasteiger partial charge on any atom is 0.119 e. The van der Waals surface area contributed by atoms with Crippen molar-refractivity contribution in [2.75, 3.05) is 7.05 Å². The Bertz CT molecular complexity index is 335. The summed E-state index contributed by atoms with van der Waals surface area (Å²) >= 11 is 0. The van der Waals surface area contributed by atoms with E-state index in [4.69, 9.17) is 4.74 Å². The molecule has 0 aliphatic rings. The molecule has 2 heteroatoms. The standard InChI is InChI=1S/C15H25NO/c1-11(2)17-13-9-7-12(8-10-13)14(16-6)15(3,4)5/h7-11,14,16H,1-6H3. The maximum absolute atomic E-state index is 5.65. The van der Waals surface area contributed by atoms with E-state index in [-0.39, 0.29) is 11.5 Å². The number of hydrogen-bond donors (Lipinski definition) is 1. The second-order valence-electron chi connectivity index (χ2n) is 5.82. The van der Waals surface area contributed by atoms with Crippen LogP contribution in [-0.2, 0) is 0 Å². The van der Waals surface area contributed by atoms with E-state index in [9.17, 15) is 0 Å². The summed E-state index contributed by atoms with van der Waals surface area (Å²) in [6.07, 6.45) is 0.226. The molecule has 0 aliphatic heterocycles. The lowest BCUT2D eigenvalue weighted by atomic mass is 9.82. The predicted molar refractivity (Wildman–Crippen MR) is 73.5 cm³/mol. The molecule has 0 radical (unpaired) electrons. The normalized spacial score (nSPS) is 13.8. The molecule has 2 nitrogen and oxygen atoms in total. The number of hydrogen-bond acceptors (Lipinski definition) is 2. The van der Waals surface area contributed by atoms with Crippen LogP contribution in [0.4, 0.5) is 0 Å². The molecule has 1 rings (SSSR count). The van der Waals surface area contributed by atoms with Crippen LogP contribution in [0.3, 0.4) is 0 Å². The van der Waals surface area contributed by atoms with Crippen molar-refractivity contribution in [1.82, 2.24) is 5.32 Å². The fourth-order valence-electron chi connectivity index (χ4n) is 2.11. The van der Waals surface area contributed by atoms with E-state index in [1.54, 1.807) is 0 Å². The summed E-state index contributed by atoms with van der Waals surface area (Å²) in [6.45, 7) is 10.8. The van der Waals surface area contributed by atoms with Crippen LogP contribution < -0.4 is 10.1 Å². The molecule has 0 spiro atoms.